The van der Waals surface area contributed by atoms with Crippen molar-refractivity contribution in [1.82, 2.24) is 5.32 Å². The molecule has 3 N–H and O–H groups in total. The van der Waals surface area contributed by atoms with Gasteiger partial charge in [0.15, 0.2) is 0 Å². The van der Waals surface area contributed by atoms with Crippen molar-refractivity contribution in [2.24, 2.45) is 0 Å². The van der Waals surface area contributed by atoms with Gasteiger partial charge in [0.05, 0.1) is 18.8 Å². The number of unbranched alkanes of at least 4 members (excludes halogenated alkanes) is 55. The van der Waals surface area contributed by atoms with Crippen molar-refractivity contribution in [1.29, 1.82) is 0 Å². The maximum Gasteiger partial charge on any atom is 0.220 e. The monoisotopic (exact) mass is 1030 g/mol. The Morgan fingerprint density at radius 1 is 0.315 bits per heavy atom. The molecule has 4 heteroatoms. The summed E-state index contributed by atoms with van der Waals surface area (Å²) in [4.78, 5) is 12.5. The lowest BCUT2D eigenvalue weighted by molar-refractivity contribution is -0.123. The second kappa shape index (κ2) is 65.2. The van der Waals surface area contributed by atoms with E-state index in [1.54, 1.807) is 6.08 Å². The van der Waals surface area contributed by atoms with E-state index < -0.39 is 12.1 Å². The fourth-order valence-electron chi connectivity index (χ4n) is 11.0. The number of nitrogens with one attached hydrogen (secondary N) is 1. The molecule has 0 aliphatic rings. The highest BCUT2D eigenvalue weighted by Gasteiger charge is 2.18. The van der Waals surface area contributed by atoms with Gasteiger partial charge in [-0.25, -0.2) is 0 Å². The molecule has 0 fully saturated rings. The third-order valence-corrected chi connectivity index (χ3v) is 16.2. The van der Waals surface area contributed by atoms with Gasteiger partial charge in [0.25, 0.3) is 0 Å². The molecule has 0 spiro atoms. The van der Waals surface area contributed by atoms with E-state index in [-0.39, 0.29) is 12.5 Å². The summed E-state index contributed by atoms with van der Waals surface area (Å²) in [5, 5.41) is 23.3. The maximum atomic E-state index is 12.5. The van der Waals surface area contributed by atoms with Gasteiger partial charge >= 0.3 is 0 Å². The topological polar surface area (TPSA) is 69.6 Å². The molecular formula is C69H135NO3. The first kappa shape index (κ1) is 71.9. The number of carbonyl (C=O) groups excluding carboxylic acids is 1. The Kier molecular flexibility index (Phi) is 64.1. The smallest absolute Gasteiger partial charge is 0.220 e. The van der Waals surface area contributed by atoms with Crippen molar-refractivity contribution in [3.63, 3.8) is 0 Å². The van der Waals surface area contributed by atoms with Crippen molar-refractivity contribution in [3.05, 3.63) is 24.3 Å². The Morgan fingerprint density at radius 3 is 0.753 bits per heavy atom. The maximum absolute atomic E-state index is 12.5. The SMILES string of the molecule is CCCCCCCCCC/C=C\CCCCCCCCCCCCCCCCCCCCCCCCCC(=O)NC(CO)C(O)/C=C/CCCCCCCCCCCCCCCCCCCCCCCCCC. The molecule has 2 unspecified atom stereocenters. The minimum atomic E-state index is -0.838. The second-order valence-corrected chi connectivity index (χ2v) is 23.6. The minimum absolute atomic E-state index is 0.0545. The van der Waals surface area contributed by atoms with Crippen molar-refractivity contribution in [3.8, 4) is 0 Å². The van der Waals surface area contributed by atoms with Crippen LogP contribution in [0.15, 0.2) is 24.3 Å². The van der Waals surface area contributed by atoms with Gasteiger partial charge in [-0.2, -0.15) is 0 Å². The van der Waals surface area contributed by atoms with Crippen molar-refractivity contribution in [2.45, 2.75) is 405 Å². The molecule has 0 radical (unpaired) electrons. The van der Waals surface area contributed by atoms with Crippen LogP contribution in [0.2, 0.25) is 0 Å². The van der Waals surface area contributed by atoms with E-state index in [4.69, 9.17) is 0 Å². The van der Waals surface area contributed by atoms with Crippen LogP contribution >= 0.6 is 0 Å². The van der Waals surface area contributed by atoms with Crippen LogP contribution in [0.3, 0.4) is 0 Å². The van der Waals surface area contributed by atoms with E-state index in [0.717, 1.165) is 25.7 Å². The van der Waals surface area contributed by atoms with Gasteiger partial charge in [-0.1, -0.05) is 366 Å². The van der Waals surface area contributed by atoms with Crippen molar-refractivity contribution < 1.29 is 15.0 Å². The molecule has 0 saturated heterocycles. The number of rotatable bonds is 64. The van der Waals surface area contributed by atoms with E-state index in [1.165, 1.54) is 347 Å². The van der Waals surface area contributed by atoms with Gasteiger partial charge in [0.2, 0.25) is 5.91 Å². The Labute approximate surface area is 459 Å². The fourth-order valence-corrected chi connectivity index (χ4v) is 11.0. The lowest BCUT2D eigenvalue weighted by Gasteiger charge is -2.20. The normalized spacial score (nSPS) is 12.8. The number of amides is 1. The van der Waals surface area contributed by atoms with Gasteiger partial charge in [-0.3, -0.25) is 4.79 Å². The molecule has 0 aromatic carbocycles. The molecule has 0 aliphatic carbocycles. The highest BCUT2D eigenvalue weighted by molar-refractivity contribution is 5.76. The summed E-state index contributed by atoms with van der Waals surface area (Å²) >= 11 is 0. The van der Waals surface area contributed by atoms with E-state index in [9.17, 15) is 15.0 Å². The molecule has 0 saturated carbocycles. The quantitative estimate of drug-likeness (QED) is 0.0420. The highest BCUT2D eigenvalue weighted by atomic mass is 16.3. The summed E-state index contributed by atoms with van der Waals surface area (Å²) in [7, 11) is 0. The molecular weight excluding hydrogens is 891 g/mol. The van der Waals surface area contributed by atoms with E-state index in [2.05, 4.69) is 31.3 Å². The molecule has 434 valence electrons. The Balaban J connectivity index is 3.40. The zero-order valence-electron chi connectivity index (χ0n) is 50.2. The van der Waals surface area contributed by atoms with Crippen LogP contribution in [0.1, 0.15) is 393 Å². The first-order valence-corrected chi connectivity index (χ1v) is 34.1. The summed E-state index contributed by atoms with van der Waals surface area (Å²) in [6.07, 6.45) is 88.3. The summed E-state index contributed by atoms with van der Waals surface area (Å²) in [5.41, 5.74) is 0. The predicted octanol–water partition coefficient (Wildman–Crippen LogP) is 23.0. The molecule has 0 heterocycles. The average Bonchev–Trinajstić information content (AvgIpc) is 3.40. The van der Waals surface area contributed by atoms with Crippen LogP contribution in [0.5, 0.6) is 0 Å². The van der Waals surface area contributed by atoms with Gasteiger partial charge in [-0.05, 0) is 44.9 Å². The molecule has 2 atom stereocenters. The van der Waals surface area contributed by atoms with E-state index in [0.29, 0.717) is 6.42 Å². The standard InChI is InChI=1S/C69H135NO3/c1-3-5-7-9-11-13-15-17-19-21-23-25-27-29-31-32-33-34-35-36-37-38-39-41-43-45-47-49-51-53-55-57-59-61-63-65-69(73)70-67(66-71)68(72)64-62-60-58-56-54-52-50-48-46-44-42-40-30-28-26-24-22-20-18-16-14-12-10-8-6-4-2/h21,23,62,64,67-68,71-72H,3-20,22,24-61,63,65-66H2,1-2H3,(H,70,73)/b23-21-,64-62+. The average molecular weight is 1030 g/mol. The number of hydrogen-bond acceptors (Lipinski definition) is 3. The minimum Gasteiger partial charge on any atom is -0.394 e. The van der Waals surface area contributed by atoms with Crippen LogP contribution in [-0.2, 0) is 4.79 Å². The van der Waals surface area contributed by atoms with Gasteiger partial charge in [-0.15, -0.1) is 0 Å². The first-order valence-electron chi connectivity index (χ1n) is 34.1. The number of aliphatic hydroxyl groups excluding tert-OH is 2. The Bertz CT molecular complexity index is 1070. The predicted molar refractivity (Wildman–Crippen MR) is 327 cm³/mol. The van der Waals surface area contributed by atoms with E-state index >= 15 is 0 Å². The summed E-state index contributed by atoms with van der Waals surface area (Å²) in [6.45, 7) is 4.36. The molecule has 0 rings (SSSR count). The van der Waals surface area contributed by atoms with Crippen LogP contribution in [0.25, 0.3) is 0 Å². The molecule has 0 aromatic heterocycles. The van der Waals surface area contributed by atoms with Crippen molar-refractivity contribution >= 4 is 5.91 Å². The lowest BCUT2D eigenvalue weighted by atomic mass is 10.0. The molecule has 4 nitrogen and oxygen atoms in total. The third-order valence-electron chi connectivity index (χ3n) is 16.2. The molecule has 0 aliphatic heterocycles. The lowest BCUT2D eigenvalue weighted by Crippen LogP contribution is -2.45. The Hall–Kier alpha value is -1.13. The van der Waals surface area contributed by atoms with Gasteiger partial charge < -0.3 is 15.5 Å². The van der Waals surface area contributed by atoms with Crippen LogP contribution in [0, 0.1) is 0 Å². The zero-order chi connectivity index (χ0) is 52.7. The summed E-state index contributed by atoms with van der Waals surface area (Å²) in [6, 6.07) is -0.621. The number of carbonyl (C=O) groups is 1. The summed E-state index contributed by atoms with van der Waals surface area (Å²) in [5.74, 6) is -0.0545. The first-order chi connectivity index (χ1) is 36.2. The number of aliphatic hydroxyl groups is 2. The molecule has 0 bridgehead atoms. The zero-order valence-corrected chi connectivity index (χ0v) is 50.2. The van der Waals surface area contributed by atoms with Crippen LogP contribution < -0.4 is 5.32 Å². The molecule has 1 amide bonds. The van der Waals surface area contributed by atoms with Crippen molar-refractivity contribution in [2.75, 3.05) is 6.61 Å². The molecule has 73 heavy (non-hydrogen) atoms. The fraction of sp³-hybridized carbons (Fsp3) is 0.928. The van der Waals surface area contributed by atoms with E-state index in [1.807, 2.05) is 6.08 Å². The van der Waals surface area contributed by atoms with Crippen LogP contribution in [0.4, 0.5) is 0 Å². The molecule has 0 aromatic rings. The third kappa shape index (κ3) is 61.6. The Morgan fingerprint density at radius 2 is 0.521 bits per heavy atom. The number of hydrogen-bond donors (Lipinski definition) is 3. The van der Waals surface area contributed by atoms with Gasteiger partial charge in [0, 0.05) is 6.42 Å². The highest BCUT2D eigenvalue weighted by Crippen LogP contribution is 2.19. The van der Waals surface area contributed by atoms with Crippen LogP contribution in [-0.4, -0.2) is 34.9 Å². The largest absolute Gasteiger partial charge is 0.394 e. The number of allylic oxidation sites excluding steroid dienone is 3. The van der Waals surface area contributed by atoms with Gasteiger partial charge in [0.1, 0.15) is 0 Å². The second-order valence-electron chi connectivity index (χ2n) is 23.6. The summed E-state index contributed by atoms with van der Waals surface area (Å²) < 4.78 is 0.